The quantitative estimate of drug-likeness (QED) is 0.529. The van der Waals surface area contributed by atoms with E-state index in [2.05, 4.69) is 55.1 Å². The van der Waals surface area contributed by atoms with E-state index < -0.39 is 0 Å². The third-order valence-electron chi connectivity index (χ3n) is 4.18. The van der Waals surface area contributed by atoms with E-state index in [0.29, 0.717) is 11.8 Å². The summed E-state index contributed by atoms with van der Waals surface area (Å²) < 4.78 is 0. The second-order valence-electron chi connectivity index (χ2n) is 5.94. The molecule has 0 aliphatic heterocycles. The largest absolute Gasteiger partial charge is 0.105 e. The van der Waals surface area contributed by atoms with Crippen molar-refractivity contribution < 1.29 is 0 Å². The topological polar surface area (TPSA) is 0 Å². The summed E-state index contributed by atoms with van der Waals surface area (Å²) in [6, 6.07) is 6.82. The predicted octanol–water partition coefficient (Wildman–Crippen LogP) is 5.77. The van der Waals surface area contributed by atoms with Crippen molar-refractivity contribution in [3.63, 3.8) is 0 Å². The van der Waals surface area contributed by atoms with Crippen LogP contribution in [0, 0.1) is 0 Å². The van der Waals surface area contributed by atoms with Crippen molar-refractivity contribution in [2.24, 2.45) is 0 Å². The molecule has 0 amide bonds. The van der Waals surface area contributed by atoms with E-state index in [1.54, 1.807) is 11.1 Å². The first-order valence-electron chi connectivity index (χ1n) is 8.00. The fourth-order valence-electron chi connectivity index (χ4n) is 2.92. The summed E-state index contributed by atoms with van der Waals surface area (Å²) in [4.78, 5) is 0. The summed E-state index contributed by atoms with van der Waals surface area (Å²) in [5.74, 6) is 1.38. The van der Waals surface area contributed by atoms with Crippen molar-refractivity contribution in [3.05, 3.63) is 29.3 Å². The Morgan fingerprint density at radius 3 is 2.11 bits per heavy atom. The van der Waals surface area contributed by atoms with Crippen molar-refractivity contribution in [2.75, 3.05) is 0 Å². The maximum atomic E-state index is 2.95. The number of benzene rings is 1. The molecule has 1 aromatic rings. The molecule has 108 valence electrons. The Hall–Kier alpha value is -0.350. The van der Waals surface area contributed by atoms with Crippen LogP contribution in [0.5, 0.6) is 0 Å². The average Bonchev–Trinajstić information content (AvgIpc) is 2.41. The van der Waals surface area contributed by atoms with E-state index in [-0.39, 0.29) is 0 Å². The Morgan fingerprint density at radius 1 is 0.947 bits per heavy atom. The zero-order chi connectivity index (χ0) is 14.3. The van der Waals surface area contributed by atoms with Gasteiger partial charge in [0, 0.05) is 0 Å². The molecule has 0 aliphatic rings. The summed E-state index contributed by atoms with van der Waals surface area (Å²) >= 11 is 0. The second kappa shape index (κ2) is 8.75. The maximum absolute atomic E-state index is 2.95. The molecule has 0 heterocycles. The van der Waals surface area contributed by atoms with Gasteiger partial charge in [-0.25, -0.2) is 0 Å². The van der Waals surface area contributed by atoms with E-state index in [0.717, 1.165) is 0 Å². The normalized spacial score (nSPS) is 14.4. The molecule has 0 spiro atoms. The molecule has 0 fully saturated rings. The minimum Gasteiger partial charge on any atom is -0.105 e. The molecule has 0 saturated heterocycles. The Morgan fingerprint density at radius 2 is 1.53 bits per heavy atom. The third kappa shape index (κ3) is 4.92. The van der Waals surface area contributed by atoms with Gasteiger partial charge in [-0.1, -0.05) is 71.6 Å². The number of hydrogen-bond donors (Lipinski definition) is 0. The Bertz CT molecular complexity index is 370. The van der Waals surface area contributed by atoms with Crippen LogP contribution in [0.3, 0.4) is 0 Å². The highest BCUT2D eigenvalue weighted by Crippen LogP contribution is 2.31. The first kappa shape index (κ1) is 16.7. The first-order chi connectivity index (χ1) is 9.11. The van der Waals surface area contributed by atoms with Gasteiger partial charge >= 0.3 is 0 Å². The molecule has 0 bridgehead atoms. The molecule has 0 nitrogen and oxygen atoms in total. The molecule has 0 aromatic heterocycles. The molecular formula is C18H31P. The highest BCUT2D eigenvalue weighted by molar-refractivity contribution is 7.27. The molecular weight excluding hydrogens is 247 g/mol. The van der Waals surface area contributed by atoms with Crippen molar-refractivity contribution in [1.29, 1.82) is 0 Å². The minimum absolute atomic E-state index is 0.688. The van der Waals surface area contributed by atoms with Crippen LogP contribution in [0.15, 0.2) is 18.2 Å². The zero-order valence-electron chi connectivity index (χ0n) is 13.2. The van der Waals surface area contributed by atoms with Gasteiger partial charge in [-0.05, 0) is 41.1 Å². The van der Waals surface area contributed by atoms with Crippen molar-refractivity contribution in [3.8, 4) is 0 Å². The molecule has 3 atom stereocenters. The summed E-state index contributed by atoms with van der Waals surface area (Å²) in [6.07, 6.45) is 7.90. The van der Waals surface area contributed by atoms with Gasteiger partial charge in [0.2, 0.25) is 0 Å². The Labute approximate surface area is 122 Å². The molecule has 0 saturated carbocycles. The Kier molecular flexibility index (Phi) is 7.69. The minimum atomic E-state index is 0.688. The highest BCUT2D eigenvalue weighted by Gasteiger charge is 2.16. The van der Waals surface area contributed by atoms with Gasteiger partial charge in [-0.3, -0.25) is 0 Å². The van der Waals surface area contributed by atoms with Crippen LogP contribution in [-0.2, 0) is 0 Å². The van der Waals surface area contributed by atoms with E-state index >= 15 is 0 Å². The highest BCUT2D eigenvalue weighted by atomic mass is 31.0. The van der Waals surface area contributed by atoms with Crippen molar-refractivity contribution >= 4 is 14.5 Å². The first-order valence-corrected chi connectivity index (χ1v) is 8.57. The molecule has 1 rings (SSSR count). The molecule has 1 heteroatoms. The van der Waals surface area contributed by atoms with Crippen LogP contribution in [0.25, 0.3) is 0 Å². The van der Waals surface area contributed by atoms with Gasteiger partial charge in [0.05, 0.1) is 0 Å². The summed E-state index contributed by atoms with van der Waals surface area (Å²) in [5, 5.41) is 1.41. The number of unbranched alkanes of at least 4 members (excludes halogenated alkanes) is 2. The maximum Gasteiger partial charge on any atom is -0.0181 e. The number of rotatable bonds is 8. The van der Waals surface area contributed by atoms with Crippen LogP contribution in [0.4, 0.5) is 0 Å². The Balaban J connectivity index is 2.93. The van der Waals surface area contributed by atoms with Gasteiger partial charge in [0.25, 0.3) is 0 Å². The second-order valence-corrected chi connectivity index (χ2v) is 6.56. The summed E-state index contributed by atoms with van der Waals surface area (Å²) in [5.41, 5.74) is 3.19. The lowest BCUT2D eigenvalue weighted by molar-refractivity contribution is 0.591. The van der Waals surface area contributed by atoms with Gasteiger partial charge in [-0.15, -0.1) is 9.24 Å². The lowest BCUT2D eigenvalue weighted by atomic mass is 9.84. The van der Waals surface area contributed by atoms with E-state index in [9.17, 15) is 0 Å². The van der Waals surface area contributed by atoms with E-state index in [4.69, 9.17) is 0 Å². The number of hydrogen-bond acceptors (Lipinski definition) is 0. The lowest BCUT2D eigenvalue weighted by Crippen LogP contribution is -2.12. The standard InChI is InChI=1S/C18H31P/c1-5-7-10-14(3)16-12-9-13-17(19)18(16)15(4)11-8-6-2/h9,12-15H,5-8,10-11,19H2,1-4H3. The predicted molar refractivity (Wildman–Crippen MR) is 91.7 cm³/mol. The van der Waals surface area contributed by atoms with Crippen molar-refractivity contribution in [2.45, 2.75) is 78.1 Å². The van der Waals surface area contributed by atoms with Gasteiger partial charge in [0.1, 0.15) is 0 Å². The average molecular weight is 278 g/mol. The zero-order valence-corrected chi connectivity index (χ0v) is 14.4. The fourth-order valence-corrected chi connectivity index (χ4v) is 3.48. The van der Waals surface area contributed by atoms with Crippen LogP contribution >= 0.6 is 9.24 Å². The molecule has 19 heavy (non-hydrogen) atoms. The van der Waals surface area contributed by atoms with Gasteiger partial charge < -0.3 is 0 Å². The van der Waals surface area contributed by atoms with Gasteiger partial charge in [-0.2, -0.15) is 0 Å². The lowest BCUT2D eigenvalue weighted by Gasteiger charge is -2.23. The van der Waals surface area contributed by atoms with E-state index in [1.165, 1.54) is 43.8 Å². The van der Waals surface area contributed by atoms with Crippen LogP contribution in [0.2, 0.25) is 0 Å². The molecule has 0 aliphatic carbocycles. The summed E-state index contributed by atoms with van der Waals surface area (Å²) in [7, 11) is 2.95. The van der Waals surface area contributed by atoms with Gasteiger partial charge in [0.15, 0.2) is 0 Å². The molecule has 0 radical (unpaired) electrons. The molecule has 0 N–H and O–H groups in total. The smallest absolute Gasteiger partial charge is 0.0181 e. The SMILES string of the molecule is CCCCC(C)c1cccc(P)c1C(C)CCCC. The molecule has 1 aromatic carbocycles. The third-order valence-corrected chi connectivity index (χ3v) is 4.68. The molecule has 3 unspecified atom stereocenters. The van der Waals surface area contributed by atoms with Crippen LogP contribution in [-0.4, -0.2) is 0 Å². The van der Waals surface area contributed by atoms with Crippen LogP contribution < -0.4 is 5.30 Å². The van der Waals surface area contributed by atoms with E-state index in [1.807, 2.05) is 0 Å². The van der Waals surface area contributed by atoms with Crippen molar-refractivity contribution in [1.82, 2.24) is 0 Å². The fraction of sp³-hybridized carbons (Fsp3) is 0.667. The summed E-state index contributed by atoms with van der Waals surface area (Å²) in [6.45, 7) is 9.35. The monoisotopic (exact) mass is 278 g/mol. The van der Waals surface area contributed by atoms with Crippen LogP contribution in [0.1, 0.15) is 89.2 Å².